The van der Waals surface area contributed by atoms with Gasteiger partial charge in [-0.1, -0.05) is 13.8 Å². The summed E-state index contributed by atoms with van der Waals surface area (Å²) in [4.78, 5) is 2.64. The number of thiophene rings is 1. The summed E-state index contributed by atoms with van der Waals surface area (Å²) < 4.78 is 22.7. The molecule has 3 nitrogen and oxygen atoms in total. The quantitative estimate of drug-likeness (QED) is 0.831. The van der Waals surface area contributed by atoms with Crippen molar-refractivity contribution in [2.45, 2.75) is 33.2 Å². The van der Waals surface area contributed by atoms with Crippen LogP contribution in [-0.4, -0.2) is 26.5 Å². The smallest absolute Gasteiger partial charge is 0.151 e. The minimum Gasteiger partial charge on any atom is -0.308 e. The molecule has 98 valence electrons. The first-order chi connectivity index (χ1) is 7.98. The van der Waals surface area contributed by atoms with Crippen LogP contribution in [0.4, 0.5) is 0 Å². The second-order valence-electron chi connectivity index (χ2n) is 4.07. The zero-order valence-electron chi connectivity index (χ0n) is 10.7. The van der Waals surface area contributed by atoms with E-state index in [1.807, 2.05) is 0 Å². The zero-order chi connectivity index (χ0) is 12.9. The standard InChI is InChI=1S/C12H21NO2S2/c1-4-11-6-7-12(16-11)10(3)13-8-9-17(14,15)5-2/h6-7,10,13H,4-5,8-9H2,1-3H3. The van der Waals surface area contributed by atoms with Crippen LogP contribution in [0.25, 0.3) is 0 Å². The Morgan fingerprint density at radius 3 is 2.59 bits per heavy atom. The number of nitrogens with one attached hydrogen (secondary N) is 1. The van der Waals surface area contributed by atoms with Crippen molar-refractivity contribution >= 4 is 21.2 Å². The van der Waals surface area contributed by atoms with Gasteiger partial charge in [0, 0.05) is 28.1 Å². The Labute approximate surface area is 108 Å². The van der Waals surface area contributed by atoms with Gasteiger partial charge in [0.1, 0.15) is 0 Å². The highest BCUT2D eigenvalue weighted by atomic mass is 32.2. The summed E-state index contributed by atoms with van der Waals surface area (Å²) in [5.41, 5.74) is 0. The van der Waals surface area contributed by atoms with Crippen LogP contribution in [0.1, 0.15) is 36.6 Å². The van der Waals surface area contributed by atoms with Crippen LogP contribution in [0.5, 0.6) is 0 Å². The van der Waals surface area contributed by atoms with Crippen LogP contribution in [-0.2, 0) is 16.3 Å². The highest BCUT2D eigenvalue weighted by Gasteiger charge is 2.10. The molecule has 0 aliphatic rings. The third-order valence-electron chi connectivity index (χ3n) is 2.76. The van der Waals surface area contributed by atoms with Crippen molar-refractivity contribution in [1.29, 1.82) is 0 Å². The van der Waals surface area contributed by atoms with Crippen LogP contribution < -0.4 is 5.32 Å². The van der Waals surface area contributed by atoms with Gasteiger partial charge in [0.25, 0.3) is 0 Å². The summed E-state index contributed by atoms with van der Waals surface area (Å²) in [6.45, 7) is 6.42. The van der Waals surface area contributed by atoms with Gasteiger partial charge in [0.2, 0.25) is 0 Å². The monoisotopic (exact) mass is 275 g/mol. The Balaban J connectivity index is 2.42. The fourth-order valence-corrected chi connectivity index (χ4v) is 3.19. The Morgan fingerprint density at radius 2 is 2.06 bits per heavy atom. The van der Waals surface area contributed by atoms with Gasteiger partial charge in [0.05, 0.1) is 5.75 Å². The molecule has 0 aliphatic carbocycles. The summed E-state index contributed by atoms with van der Waals surface area (Å²) in [6.07, 6.45) is 1.06. The molecule has 0 bridgehead atoms. The molecule has 5 heteroatoms. The van der Waals surface area contributed by atoms with Crippen LogP contribution in [0.2, 0.25) is 0 Å². The van der Waals surface area contributed by atoms with Gasteiger partial charge in [-0.2, -0.15) is 0 Å². The molecule has 0 amide bonds. The molecule has 1 N–H and O–H groups in total. The van der Waals surface area contributed by atoms with Crippen molar-refractivity contribution in [3.8, 4) is 0 Å². The van der Waals surface area contributed by atoms with E-state index in [1.165, 1.54) is 9.75 Å². The van der Waals surface area contributed by atoms with Gasteiger partial charge in [-0.3, -0.25) is 0 Å². The predicted octanol–water partition coefficient (Wildman–Crippen LogP) is 2.40. The Morgan fingerprint density at radius 1 is 1.35 bits per heavy atom. The van der Waals surface area contributed by atoms with Gasteiger partial charge in [0.15, 0.2) is 9.84 Å². The number of aryl methyl sites for hydroxylation is 1. The maximum absolute atomic E-state index is 11.3. The molecule has 1 atom stereocenters. The highest BCUT2D eigenvalue weighted by Crippen LogP contribution is 2.23. The molecule has 0 saturated heterocycles. The van der Waals surface area contributed by atoms with Crippen molar-refractivity contribution in [2.24, 2.45) is 0 Å². The largest absolute Gasteiger partial charge is 0.308 e. The lowest BCUT2D eigenvalue weighted by Crippen LogP contribution is -2.25. The van der Waals surface area contributed by atoms with E-state index in [4.69, 9.17) is 0 Å². The Hall–Kier alpha value is -0.390. The van der Waals surface area contributed by atoms with E-state index in [0.717, 1.165) is 6.42 Å². The molecule has 0 aromatic carbocycles. The molecule has 0 fully saturated rings. The minimum absolute atomic E-state index is 0.222. The lowest BCUT2D eigenvalue weighted by atomic mass is 10.2. The molecule has 1 unspecified atom stereocenters. The SMILES string of the molecule is CCc1ccc(C(C)NCCS(=O)(=O)CC)s1. The number of hydrogen-bond donors (Lipinski definition) is 1. The molecule has 0 spiro atoms. The average molecular weight is 275 g/mol. The summed E-state index contributed by atoms with van der Waals surface area (Å²) in [5, 5.41) is 3.26. The van der Waals surface area contributed by atoms with Crippen LogP contribution in [0.3, 0.4) is 0 Å². The predicted molar refractivity (Wildman–Crippen MR) is 74.4 cm³/mol. The lowest BCUT2D eigenvalue weighted by molar-refractivity contribution is 0.576. The van der Waals surface area contributed by atoms with Gasteiger partial charge in [-0.25, -0.2) is 8.42 Å². The molecule has 1 aromatic rings. The summed E-state index contributed by atoms with van der Waals surface area (Å²) >= 11 is 1.79. The Bertz CT molecular complexity index is 437. The molecule has 17 heavy (non-hydrogen) atoms. The molecule has 1 rings (SSSR count). The van der Waals surface area contributed by atoms with Crippen LogP contribution >= 0.6 is 11.3 Å². The fourth-order valence-electron chi connectivity index (χ4n) is 1.49. The van der Waals surface area contributed by atoms with Gasteiger partial charge >= 0.3 is 0 Å². The van der Waals surface area contributed by atoms with Crippen molar-refractivity contribution in [3.63, 3.8) is 0 Å². The van der Waals surface area contributed by atoms with Crippen molar-refractivity contribution in [2.75, 3.05) is 18.1 Å². The molecule has 1 heterocycles. The number of sulfone groups is 1. The molecular weight excluding hydrogens is 254 g/mol. The number of hydrogen-bond acceptors (Lipinski definition) is 4. The van der Waals surface area contributed by atoms with E-state index in [0.29, 0.717) is 6.54 Å². The maximum atomic E-state index is 11.3. The zero-order valence-corrected chi connectivity index (χ0v) is 12.3. The first-order valence-corrected chi connectivity index (χ1v) is 8.64. The van der Waals surface area contributed by atoms with E-state index in [-0.39, 0.29) is 17.5 Å². The van der Waals surface area contributed by atoms with E-state index in [9.17, 15) is 8.42 Å². The van der Waals surface area contributed by atoms with E-state index >= 15 is 0 Å². The highest BCUT2D eigenvalue weighted by molar-refractivity contribution is 7.91. The van der Waals surface area contributed by atoms with Crippen molar-refractivity contribution in [3.05, 3.63) is 21.9 Å². The topological polar surface area (TPSA) is 46.2 Å². The normalized spacial score (nSPS) is 13.8. The number of rotatable bonds is 7. The second-order valence-corrected chi connectivity index (χ2v) is 7.74. The van der Waals surface area contributed by atoms with Crippen molar-refractivity contribution < 1.29 is 8.42 Å². The fraction of sp³-hybridized carbons (Fsp3) is 0.667. The summed E-state index contributed by atoms with van der Waals surface area (Å²) in [7, 11) is -2.86. The van der Waals surface area contributed by atoms with Crippen LogP contribution in [0.15, 0.2) is 12.1 Å². The summed E-state index contributed by atoms with van der Waals surface area (Å²) in [5.74, 6) is 0.446. The second kappa shape index (κ2) is 6.52. The molecule has 0 aliphatic heterocycles. The third-order valence-corrected chi connectivity index (χ3v) is 5.88. The minimum atomic E-state index is -2.86. The summed E-state index contributed by atoms with van der Waals surface area (Å²) in [6, 6.07) is 4.49. The molecule has 1 aromatic heterocycles. The lowest BCUT2D eigenvalue weighted by Gasteiger charge is -2.11. The Kier molecular flexibility index (Phi) is 5.62. The molecule has 0 radical (unpaired) electrons. The molecular formula is C12H21NO2S2. The maximum Gasteiger partial charge on any atom is 0.151 e. The van der Waals surface area contributed by atoms with Gasteiger partial charge < -0.3 is 5.32 Å². The first kappa shape index (κ1) is 14.7. The van der Waals surface area contributed by atoms with Gasteiger partial charge in [-0.15, -0.1) is 11.3 Å². The third kappa shape index (κ3) is 4.77. The van der Waals surface area contributed by atoms with E-state index < -0.39 is 9.84 Å². The average Bonchev–Trinajstić information content (AvgIpc) is 2.77. The van der Waals surface area contributed by atoms with Gasteiger partial charge in [-0.05, 0) is 25.5 Å². The van der Waals surface area contributed by atoms with Crippen molar-refractivity contribution in [1.82, 2.24) is 5.32 Å². The van der Waals surface area contributed by atoms with Crippen LogP contribution in [0, 0.1) is 0 Å². The first-order valence-electron chi connectivity index (χ1n) is 6.01. The van der Waals surface area contributed by atoms with E-state index in [1.54, 1.807) is 18.3 Å². The molecule has 0 saturated carbocycles. The van der Waals surface area contributed by atoms with E-state index in [2.05, 4.69) is 31.3 Å².